The minimum atomic E-state index is 0.661. The largest absolute Gasteiger partial charge is 0.374 e. The van der Waals surface area contributed by atoms with E-state index in [1.807, 2.05) is 0 Å². The number of nitrogens with zero attached hydrogens (tertiary/aromatic N) is 1. The van der Waals surface area contributed by atoms with Gasteiger partial charge in [-0.05, 0) is 49.8 Å². The SMILES string of the molecule is CCC1NC(C)CC1c1ccc2c(c1)CCCN2C. The van der Waals surface area contributed by atoms with E-state index >= 15 is 0 Å². The second kappa shape index (κ2) is 5.16. The first-order valence-corrected chi connectivity index (χ1v) is 7.79. The Morgan fingerprint density at radius 2 is 2.21 bits per heavy atom. The van der Waals surface area contributed by atoms with Gasteiger partial charge in [-0.15, -0.1) is 0 Å². The molecule has 0 bridgehead atoms. The fourth-order valence-corrected chi connectivity index (χ4v) is 3.90. The summed E-state index contributed by atoms with van der Waals surface area (Å²) in [6.45, 7) is 5.82. The summed E-state index contributed by atoms with van der Waals surface area (Å²) < 4.78 is 0. The molecule has 2 aliphatic rings. The maximum atomic E-state index is 3.73. The van der Waals surface area contributed by atoms with Crippen molar-refractivity contribution < 1.29 is 0 Å². The fraction of sp³-hybridized carbons (Fsp3) is 0.647. The van der Waals surface area contributed by atoms with Crippen molar-refractivity contribution in [2.75, 3.05) is 18.5 Å². The summed E-state index contributed by atoms with van der Waals surface area (Å²) >= 11 is 0. The van der Waals surface area contributed by atoms with Crippen LogP contribution in [-0.2, 0) is 6.42 Å². The number of aryl methyl sites for hydroxylation is 1. The maximum absolute atomic E-state index is 3.73. The highest BCUT2D eigenvalue weighted by atomic mass is 15.1. The summed E-state index contributed by atoms with van der Waals surface area (Å²) in [7, 11) is 2.21. The van der Waals surface area contributed by atoms with Crippen molar-refractivity contribution in [3.05, 3.63) is 29.3 Å². The topological polar surface area (TPSA) is 15.3 Å². The molecular weight excluding hydrogens is 232 g/mol. The van der Waals surface area contributed by atoms with Gasteiger partial charge in [-0.2, -0.15) is 0 Å². The monoisotopic (exact) mass is 258 g/mol. The van der Waals surface area contributed by atoms with E-state index in [1.54, 1.807) is 11.1 Å². The Morgan fingerprint density at radius 1 is 1.37 bits per heavy atom. The third kappa shape index (κ3) is 2.38. The predicted octanol–water partition coefficient (Wildman–Crippen LogP) is 3.31. The van der Waals surface area contributed by atoms with Gasteiger partial charge in [-0.25, -0.2) is 0 Å². The minimum Gasteiger partial charge on any atom is -0.374 e. The van der Waals surface area contributed by atoms with Gasteiger partial charge in [0, 0.05) is 37.3 Å². The van der Waals surface area contributed by atoms with Crippen molar-refractivity contribution in [3.8, 4) is 0 Å². The Bertz CT molecular complexity index is 455. The number of rotatable bonds is 2. The lowest BCUT2D eigenvalue weighted by atomic mass is 9.87. The van der Waals surface area contributed by atoms with Crippen molar-refractivity contribution in [2.24, 2.45) is 0 Å². The van der Waals surface area contributed by atoms with Gasteiger partial charge in [-0.3, -0.25) is 0 Å². The van der Waals surface area contributed by atoms with Crippen molar-refractivity contribution in [2.45, 2.75) is 57.5 Å². The van der Waals surface area contributed by atoms with E-state index in [-0.39, 0.29) is 0 Å². The van der Waals surface area contributed by atoms with E-state index in [2.05, 4.69) is 49.3 Å². The Labute approximate surface area is 117 Å². The second-order valence-electron chi connectivity index (χ2n) is 6.34. The van der Waals surface area contributed by atoms with Crippen LogP contribution < -0.4 is 10.2 Å². The molecule has 0 radical (unpaired) electrons. The Morgan fingerprint density at radius 3 is 3.00 bits per heavy atom. The van der Waals surface area contributed by atoms with Crippen molar-refractivity contribution in [1.82, 2.24) is 5.32 Å². The molecule has 3 rings (SSSR count). The molecule has 2 aliphatic heterocycles. The molecule has 2 nitrogen and oxygen atoms in total. The highest BCUT2D eigenvalue weighted by Crippen LogP contribution is 2.36. The predicted molar refractivity (Wildman–Crippen MR) is 82.1 cm³/mol. The van der Waals surface area contributed by atoms with E-state index in [1.165, 1.54) is 37.9 Å². The van der Waals surface area contributed by atoms with Crippen LogP contribution in [0.25, 0.3) is 0 Å². The molecule has 2 heteroatoms. The van der Waals surface area contributed by atoms with Gasteiger partial charge in [0.05, 0.1) is 0 Å². The van der Waals surface area contributed by atoms with E-state index in [4.69, 9.17) is 0 Å². The van der Waals surface area contributed by atoms with Gasteiger partial charge in [0.2, 0.25) is 0 Å². The lowest BCUT2D eigenvalue weighted by Crippen LogP contribution is -2.29. The number of benzene rings is 1. The summed E-state index contributed by atoms with van der Waals surface area (Å²) in [5.41, 5.74) is 4.56. The molecule has 1 N–H and O–H groups in total. The maximum Gasteiger partial charge on any atom is 0.0396 e. The van der Waals surface area contributed by atoms with Crippen LogP contribution in [0.2, 0.25) is 0 Å². The van der Waals surface area contributed by atoms with Crippen LogP contribution in [0, 0.1) is 0 Å². The average molecular weight is 258 g/mol. The van der Waals surface area contributed by atoms with E-state index in [0.29, 0.717) is 18.0 Å². The summed E-state index contributed by atoms with van der Waals surface area (Å²) in [5, 5.41) is 3.73. The molecule has 0 spiro atoms. The van der Waals surface area contributed by atoms with Crippen molar-refractivity contribution in [1.29, 1.82) is 0 Å². The van der Waals surface area contributed by atoms with Gasteiger partial charge < -0.3 is 10.2 Å². The molecule has 3 atom stereocenters. The Hall–Kier alpha value is -1.02. The van der Waals surface area contributed by atoms with E-state index in [9.17, 15) is 0 Å². The van der Waals surface area contributed by atoms with Crippen LogP contribution in [-0.4, -0.2) is 25.7 Å². The normalized spacial score (nSPS) is 30.5. The first-order valence-electron chi connectivity index (χ1n) is 7.79. The first kappa shape index (κ1) is 13.0. The molecule has 1 saturated heterocycles. The number of hydrogen-bond donors (Lipinski definition) is 1. The van der Waals surface area contributed by atoms with Crippen LogP contribution in [0.4, 0.5) is 5.69 Å². The lowest BCUT2D eigenvalue weighted by Gasteiger charge is -2.29. The molecule has 0 aromatic heterocycles. The Kier molecular flexibility index (Phi) is 3.53. The molecule has 0 aliphatic carbocycles. The summed E-state index contributed by atoms with van der Waals surface area (Å²) in [6, 6.07) is 8.52. The Balaban J connectivity index is 1.89. The molecule has 0 amide bonds. The lowest BCUT2D eigenvalue weighted by molar-refractivity contribution is 0.517. The quantitative estimate of drug-likeness (QED) is 0.875. The van der Waals surface area contributed by atoms with Crippen LogP contribution in [0.3, 0.4) is 0 Å². The second-order valence-corrected chi connectivity index (χ2v) is 6.34. The number of nitrogens with one attached hydrogen (secondary N) is 1. The molecule has 1 aromatic carbocycles. The molecule has 104 valence electrons. The third-order valence-corrected chi connectivity index (χ3v) is 4.91. The molecular formula is C17H26N2. The first-order chi connectivity index (χ1) is 9.19. The summed E-state index contributed by atoms with van der Waals surface area (Å²) in [4.78, 5) is 2.40. The van der Waals surface area contributed by atoms with Gasteiger partial charge in [0.1, 0.15) is 0 Å². The average Bonchev–Trinajstić information content (AvgIpc) is 2.80. The molecule has 1 fully saturated rings. The van der Waals surface area contributed by atoms with E-state index in [0.717, 1.165) is 0 Å². The highest BCUT2D eigenvalue weighted by molar-refractivity contribution is 5.56. The number of anilines is 1. The van der Waals surface area contributed by atoms with Gasteiger partial charge in [-0.1, -0.05) is 19.1 Å². The van der Waals surface area contributed by atoms with Crippen LogP contribution in [0.15, 0.2) is 18.2 Å². The van der Waals surface area contributed by atoms with Gasteiger partial charge in [0.25, 0.3) is 0 Å². The summed E-state index contributed by atoms with van der Waals surface area (Å²) in [5.74, 6) is 0.706. The fourth-order valence-electron chi connectivity index (χ4n) is 3.90. The van der Waals surface area contributed by atoms with Crippen LogP contribution >= 0.6 is 0 Å². The van der Waals surface area contributed by atoms with Crippen molar-refractivity contribution in [3.63, 3.8) is 0 Å². The van der Waals surface area contributed by atoms with Crippen LogP contribution in [0.1, 0.15) is 50.2 Å². The summed E-state index contributed by atoms with van der Waals surface area (Å²) in [6.07, 6.45) is 5.06. The zero-order valence-electron chi connectivity index (χ0n) is 12.4. The molecule has 0 saturated carbocycles. The number of fused-ring (bicyclic) bond motifs is 1. The molecule has 19 heavy (non-hydrogen) atoms. The zero-order chi connectivity index (χ0) is 13.4. The standard InChI is InChI=1S/C17H26N2/c1-4-16-15(10-12(2)18-16)13-7-8-17-14(11-13)6-5-9-19(17)3/h7-8,11-12,15-16,18H,4-6,9-10H2,1-3H3. The molecule has 2 heterocycles. The van der Waals surface area contributed by atoms with E-state index < -0.39 is 0 Å². The highest BCUT2D eigenvalue weighted by Gasteiger charge is 2.31. The third-order valence-electron chi connectivity index (χ3n) is 4.91. The zero-order valence-corrected chi connectivity index (χ0v) is 12.4. The molecule has 1 aromatic rings. The van der Waals surface area contributed by atoms with Gasteiger partial charge in [0.15, 0.2) is 0 Å². The smallest absolute Gasteiger partial charge is 0.0396 e. The van der Waals surface area contributed by atoms with Crippen LogP contribution in [0.5, 0.6) is 0 Å². The van der Waals surface area contributed by atoms with Gasteiger partial charge >= 0.3 is 0 Å². The van der Waals surface area contributed by atoms with Crippen molar-refractivity contribution >= 4 is 5.69 Å². The molecule has 3 unspecified atom stereocenters. The minimum absolute atomic E-state index is 0.661. The number of hydrogen-bond acceptors (Lipinski definition) is 2.